The van der Waals surface area contributed by atoms with Gasteiger partial charge in [-0.15, -0.1) is 0 Å². The summed E-state index contributed by atoms with van der Waals surface area (Å²) < 4.78 is 2.37. The minimum absolute atomic E-state index is 1.13. The maximum atomic E-state index is 2.37. The topological polar surface area (TPSA) is 7.65 Å². The number of nitrogens with zero attached hydrogens (tertiary/aromatic N) is 2. The van der Waals surface area contributed by atoms with Crippen molar-refractivity contribution >= 4 is 44.3 Å². The molecule has 2 aromatic heterocycles. The molecule has 0 bridgehead atoms. The van der Waals surface area contributed by atoms with Crippen LogP contribution in [0.2, 0.25) is 0 Å². The number of anilines is 3. The third-order valence-corrected chi connectivity index (χ3v) is 10.6. The van der Waals surface area contributed by atoms with Crippen LogP contribution in [-0.4, -0.2) is 4.40 Å². The molecule has 8 aromatic carbocycles. The zero-order valence-corrected chi connectivity index (χ0v) is 29.7. The second kappa shape index (κ2) is 13.4. The van der Waals surface area contributed by atoms with E-state index in [1.54, 1.807) is 0 Å². The number of benzene rings is 8. The molecule has 0 aliphatic heterocycles. The monoisotopic (exact) mass is 688 g/mol. The van der Waals surface area contributed by atoms with Gasteiger partial charge in [-0.1, -0.05) is 158 Å². The molecule has 0 fully saturated rings. The Balaban J connectivity index is 0.985. The SMILES string of the molecule is c1ccc(-c2c3c4ccccc4cc(-c4ccc(-c5ccc(-c6ccc(N(c7ccccc7)c7ccccc7)cc6)cc5)cc4)c3n3ccccc23)cc1. The first-order chi connectivity index (χ1) is 26.8. The van der Waals surface area contributed by atoms with E-state index in [9.17, 15) is 0 Å². The number of rotatable bonds is 7. The lowest BCUT2D eigenvalue weighted by molar-refractivity contribution is 1.26. The fraction of sp³-hybridized carbons (Fsp3) is 0. The Hall–Kier alpha value is -7.16. The summed E-state index contributed by atoms with van der Waals surface area (Å²) >= 11 is 0. The standard InChI is InChI=1S/C52H36N2/c1-4-14-42(15-5-1)50-49-22-12-13-35-53(49)52-48(36-43-16-10-11-21-47(43)51(50)52)41-29-27-39(28-30-41)37-23-25-38(26-24-37)40-31-33-46(34-32-40)54(44-17-6-2-7-18-44)45-19-8-3-9-20-45/h1-36H. The first-order valence-corrected chi connectivity index (χ1v) is 18.5. The molecule has 0 atom stereocenters. The summed E-state index contributed by atoms with van der Waals surface area (Å²) in [5.41, 5.74) is 15.6. The number of fused-ring (bicyclic) bond motifs is 5. The van der Waals surface area contributed by atoms with E-state index < -0.39 is 0 Å². The number of hydrogen-bond donors (Lipinski definition) is 0. The maximum absolute atomic E-state index is 2.37. The molecule has 0 amide bonds. The van der Waals surface area contributed by atoms with Gasteiger partial charge in [0.2, 0.25) is 0 Å². The summed E-state index contributed by atoms with van der Waals surface area (Å²) in [5.74, 6) is 0. The zero-order chi connectivity index (χ0) is 35.8. The molecule has 10 aromatic rings. The summed E-state index contributed by atoms with van der Waals surface area (Å²) in [6.45, 7) is 0. The van der Waals surface area contributed by atoms with Gasteiger partial charge in [0.1, 0.15) is 0 Å². The Morgan fingerprint density at radius 2 is 0.815 bits per heavy atom. The van der Waals surface area contributed by atoms with Crippen molar-refractivity contribution in [3.63, 3.8) is 0 Å². The van der Waals surface area contributed by atoms with Crippen molar-refractivity contribution in [2.24, 2.45) is 0 Å². The number of pyridine rings is 1. The molecule has 2 nitrogen and oxygen atoms in total. The average molecular weight is 689 g/mol. The van der Waals surface area contributed by atoms with Crippen molar-refractivity contribution in [2.75, 3.05) is 4.90 Å². The largest absolute Gasteiger partial charge is 0.315 e. The molecule has 0 saturated heterocycles. The molecule has 2 heteroatoms. The summed E-state index contributed by atoms with van der Waals surface area (Å²) in [6, 6.07) is 76.4. The van der Waals surface area contributed by atoms with Crippen LogP contribution in [0.25, 0.3) is 71.7 Å². The fourth-order valence-electron chi connectivity index (χ4n) is 8.03. The molecule has 0 radical (unpaired) electrons. The van der Waals surface area contributed by atoms with Gasteiger partial charge in [-0.05, 0) is 98.8 Å². The Morgan fingerprint density at radius 1 is 0.352 bits per heavy atom. The summed E-state index contributed by atoms with van der Waals surface area (Å²) in [7, 11) is 0. The summed E-state index contributed by atoms with van der Waals surface area (Å²) in [6.07, 6.45) is 2.20. The van der Waals surface area contributed by atoms with Gasteiger partial charge < -0.3 is 9.30 Å². The molecular formula is C52H36N2. The van der Waals surface area contributed by atoms with Crippen molar-refractivity contribution in [2.45, 2.75) is 0 Å². The van der Waals surface area contributed by atoms with Crippen molar-refractivity contribution in [1.82, 2.24) is 4.40 Å². The first kappa shape index (κ1) is 31.6. The lowest BCUT2D eigenvalue weighted by atomic mass is 9.92. The number of para-hydroxylation sites is 2. The van der Waals surface area contributed by atoms with Crippen LogP contribution < -0.4 is 4.90 Å². The molecule has 54 heavy (non-hydrogen) atoms. The third-order valence-electron chi connectivity index (χ3n) is 10.6. The predicted molar refractivity (Wildman–Crippen MR) is 229 cm³/mol. The second-order valence-electron chi connectivity index (χ2n) is 13.8. The van der Waals surface area contributed by atoms with Crippen molar-refractivity contribution in [1.29, 1.82) is 0 Å². The zero-order valence-electron chi connectivity index (χ0n) is 29.7. The van der Waals surface area contributed by atoms with Crippen LogP contribution in [0, 0.1) is 0 Å². The van der Waals surface area contributed by atoms with Gasteiger partial charge in [0, 0.05) is 39.8 Å². The minimum Gasteiger partial charge on any atom is -0.315 e. The quantitative estimate of drug-likeness (QED) is 0.162. The van der Waals surface area contributed by atoms with Gasteiger partial charge in [-0.25, -0.2) is 0 Å². The van der Waals surface area contributed by atoms with Crippen molar-refractivity contribution < 1.29 is 0 Å². The average Bonchev–Trinajstić information content (AvgIpc) is 3.61. The van der Waals surface area contributed by atoms with Gasteiger partial charge in [0.05, 0.1) is 11.0 Å². The van der Waals surface area contributed by atoms with Crippen LogP contribution >= 0.6 is 0 Å². The van der Waals surface area contributed by atoms with E-state index in [1.807, 2.05) is 0 Å². The van der Waals surface area contributed by atoms with Crippen LogP contribution in [-0.2, 0) is 0 Å². The molecule has 254 valence electrons. The van der Waals surface area contributed by atoms with Crippen LogP contribution in [0.15, 0.2) is 219 Å². The number of aromatic nitrogens is 1. The van der Waals surface area contributed by atoms with E-state index in [1.165, 1.54) is 71.7 Å². The van der Waals surface area contributed by atoms with E-state index in [2.05, 4.69) is 228 Å². The van der Waals surface area contributed by atoms with E-state index in [0.29, 0.717) is 0 Å². The predicted octanol–water partition coefficient (Wildman–Crippen LogP) is 14.4. The Labute approximate surface area is 315 Å². The molecule has 2 heterocycles. The highest BCUT2D eigenvalue weighted by molar-refractivity contribution is 6.22. The van der Waals surface area contributed by atoms with Crippen LogP contribution in [0.3, 0.4) is 0 Å². The molecule has 0 saturated carbocycles. The van der Waals surface area contributed by atoms with Gasteiger partial charge >= 0.3 is 0 Å². The second-order valence-corrected chi connectivity index (χ2v) is 13.8. The van der Waals surface area contributed by atoms with Crippen LogP contribution in [0.1, 0.15) is 0 Å². The minimum atomic E-state index is 1.13. The van der Waals surface area contributed by atoms with Crippen molar-refractivity contribution in [3.8, 4) is 44.5 Å². The van der Waals surface area contributed by atoms with Gasteiger partial charge in [-0.3, -0.25) is 0 Å². The van der Waals surface area contributed by atoms with Gasteiger partial charge in [0.25, 0.3) is 0 Å². The maximum Gasteiger partial charge on any atom is 0.0620 e. The van der Waals surface area contributed by atoms with E-state index in [0.717, 1.165) is 17.1 Å². The third kappa shape index (κ3) is 5.53. The smallest absolute Gasteiger partial charge is 0.0620 e. The molecule has 0 aliphatic carbocycles. The van der Waals surface area contributed by atoms with Gasteiger partial charge in [-0.2, -0.15) is 0 Å². The lowest BCUT2D eigenvalue weighted by Gasteiger charge is -2.25. The molecular weight excluding hydrogens is 653 g/mol. The lowest BCUT2D eigenvalue weighted by Crippen LogP contribution is -2.09. The number of hydrogen-bond acceptors (Lipinski definition) is 1. The summed E-state index contributed by atoms with van der Waals surface area (Å²) in [4.78, 5) is 2.29. The van der Waals surface area contributed by atoms with Crippen LogP contribution in [0.5, 0.6) is 0 Å². The Bertz CT molecular complexity index is 2830. The fourth-order valence-corrected chi connectivity index (χ4v) is 8.03. The van der Waals surface area contributed by atoms with E-state index in [4.69, 9.17) is 0 Å². The Kier molecular flexibility index (Phi) is 7.85. The van der Waals surface area contributed by atoms with Gasteiger partial charge in [0.15, 0.2) is 0 Å². The summed E-state index contributed by atoms with van der Waals surface area (Å²) in [5, 5.41) is 3.81. The van der Waals surface area contributed by atoms with Crippen molar-refractivity contribution in [3.05, 3.63) is 219 Å². The highest BCUT2D eigenvalue weighted by atomic mass is 15.1. The van der Waals surface area contributed by atoms with E-state index in [-0.39, 0.29) is 0 Å². The first-order valence-electron chi connectivity index (χ1n) is 18.5. The van der Waals surface area contributed by atoms with E-state index >= 15 is 0 Å². The molecule has 0 N–H and O–H groups in total. The molecule has 0 spiro atoms. The normalized spacial score (nSPS) is 11.3. The molecule has 0 aliphatic rings. The highest BCUT2D eigenvalue weighted by Gasteiger charge is 2.20. The Morgan fingerprint density at radius 3 is 1.41 bits per heavy atom. The van der Waals surface area contributed by atoms with Crippen LogP contribution in [0.4, 0.5) is 17.1 Å². The highest BCUT2D eigenvalue weighted by Crippen LogP contribution is 2.44. The molecule has 10 rings (SSSR count). The molecule has 0 unspecified atom stereocenters.